The first-order chi connectivity index (χ1) is 15.4. The predicted molar refractivity (Wildman–Crippen MR) is 128 cm³/mol. The van der Waals surface area contributed by atoms with Crippen molar-refractivity contribution in [1.29, 1.82) is 5.26 Å². The number of nitriles is 1. The van der Waals surface area contributed by atoms with Crippen LogP contribution in [0.4, 0.5) is 0 Å². The van der Waals surface area contributed by atoms with Crippen molar-refractivity contribution >= 4 is 9.84 Å². The van der Waals surface area contributed by atoms with E-state index in [1.807, 2.05) is 36.4 Å². The summed E-state index contributed by atoms with van der Waals surface area (Å²) in [4.78, 5) is 0.387. The van der Waals surface area contributed by atoms with Crippen LogP contribution in [0, 0.1) is 11.3 Å². The number of hydrogen-bond donors (Lipinski definition) is 1. The van der Waals surface area contributed by atoms with Gasteiger partial charge in [-0.1, -0.05) is 57.0 Å². The average molecular weight is 455 g/mol. The SMILES string of the molecule is CCCCC1(CC)CS(=O)(=O)c2cc(CCCC#N)c(OC)cc2C(c2ccccc2)N1. The van der Waals surface area contributed by atoms with E-state index in [9.17, 15) is 8.42 Å². The third-order valence-electron chi connectivity index (χ3n) is 6.53. The lowest BCUT2D eigenvalue weighted by Crippen LogP contribution is -2.50. The molecule has 0 aromatic heterocycles. The number of nitrogens with zero attached hydrogens (tertiary/aromatic N) is 1. The van der Waals surface area contributed by atoms with Gasteiger partial charge in [-0.05, 0) is 54.5 Å². The molecule has 0 saturated heterocycles. The Bertz CT molecular complexity index is 1060. The van der Waals surface area contributed by atoms with Crippen molar-refractivity contribution in [1.82, 2.24) is 5.32 Å². The first-order valence-corrected chi connectivity index (χ1v) is 13.2. The van der Waals surface area contributed by atoms with E-state index in [0.29, 0.717) is 29.9 Å². The number of sulfone groups is 1. The lowest BCUT2D eigenvalue weighted by Gasteiger charge is -2.36. The Morgan fingerprint density at radius 2 is 1.94 bits per heavy atom. The molecule has 1 heterocycles. The van der Waals surface area contributed by atoms with Gasteiger partial charge >= 0.3 is 0 Å². The molecular formula is C26H34N2O3S. The summed E-state index contributed by atoms with van der Waals surface area (Å²) < 4.78 is 33.2. The van der Waals surface area contributed by atoms with Gasteiger partial charge in [0.1, 0.15) is 5.75 Å². The number of rotatable bonds is 9. The molecule has 2 unspecified atom stereocenters. The summed E-state index contributed by atoms with van der Waals surface area (Å²) >= 11 is 0. The zero-order valence-electron chi connectivity index (χ0n) is 19.4. The van der Waals surface area contributed by atoms with Crippen LogP contribution in [0.15, 0.2) is 47.4 Å². The molecule has 2 aromatic rings. The van der Waals surface area contributed by atoms with Crippen molar-refractivity contribution in [3.63, 3.8) is 0 Å². The molecule has 172 valence electrons. The lowest BCUT2D eigenvalue weighted by atomic mass is 9.87. The molecule has 0 aliphatic carbocycles. The van der Waals surface area contributed by atoms with Gasteiger partial charge in [-0.15, -0.1) is 0 Å². The first kappa shape index (κ1) is 24.3. The van der Waals surface area contributed by atoms with Crippen LogP contribution >= 0.6 is 0 Å². The lowest BCUT2D eigenvalue weighted by molar-refractivity contribution is 0.294. The molecule has 0 fully saturated rings. The summed E-state index contributed by atoms with van der Waals surface area (Å²) in [7, 11) is -1.92. The highest BCUT2D eigenvalue weighted by molar-refractivity contribution is 7.91. The molecule has 2 atom stereocenters. The number of ether oxygens (including phenoxy) is 1. The van der Waals surface area contributed by atoms with Crippen LogP contribution in [0.5, 0.6) is 5.75 Å². The van der Waals surface area contributed by atoms with Crippen LogP contribution in [0.1, 0.15) is 75.1 Å². The van der Waals surface area contributed by atoms with E-state index >= 15 is 0 Å². The molecule has 6 heteroatoms. The van der Waals surface area contributed by atoms with Crippen molar-refractivity contribution in [3.8, 4) is 11.8 Å². The van der Waals surface area contributed by atoms with E-state index in [1.54, 1.807) is 13.2 Å². The highest BCUT2D eigenvalue weighted by atomic mass is 32.2. The van der Waals surface area contributed by atoms with Gasteiger partial charge in [0.2, 0.25) is 0 Å². The van der Waals surface area contributed by atoms with Gasteiger partial charge in [-0.25, -0.2) is 8.42 Å². The molecule has 2 aromatic carbocycles. The summed E-state index contributed by atoms with van der Waals surface area (Å²) in [6, 6.07) is 15.7. The fourth-order valence-corrected chi connectivity index (χ4v) is 6.84. The molecule has 0 spiro atoms. The minimum absolute atomic E-state index is 0.0802. The quantitative estimate of drug-likeness (QED) is 0.517. The molecule has 0 radical (unpaired) electrons. The number of unbranched alkanes of at least 4 members (excludes halogenated alkanes) is 2. The Labute approximate surface area is 192 Å². The van der Waals surface area contributed by atoms with Gasteiger partial charge in [0.25, 0.3) is 0 Å². The van der Waals surface area contributed by atoms with Gasteiger partial charge in [0.05, 0.1) is 29.9 Å². The highest BCUT2D eigenvalue weighted by Crippen LogP contribution is 2.41. The normalized spacial score (nSPS) is 21.9. The van der Waals surface area contributed by atoms with E-state index in [0.717, 1.165) is 42.4 Å². The Balaban J connectivity index is 2.21. The van der Waals surface area contributed by atoms with Gasteiger partial charge in [0, 0.05) is 12.0 Å². The van der Waals surface area contributed by atoms with Crippen LogP contribution in [0.2, 0.25) is 0 Å². The summed E-state index contributed by atoms with van der Waals surface area (Å²) in [6.45, 7) is 4.21. The highest BCUT2D eigenvalue weighted by Gasteiger charge is 2.42. The molecule has 1 N–H and O–H groups in total. The third kappa shape index (κ3) is 5.16. The molecule has 32 heavy (non-hydrogen) atoms. The third-order valence-corrected chi connectivity index (χ3v) is 8.49. The maximum Gasteiger partial charge on any atom is 0.180 e. The van der Waals surface area contributed by atoms with Crippen molar-refractivity contribution in [2.75, 3.05) is 12.9 Å². The zero-order valence-corrected chi connectivity index (χ0v) is 20.2. The average Bonchev–Trinajstić information content (AvgIpc) is 2.90. The van der Waals surface area contributed by atoms with Gasteiger partial charge in [0.15, 0.2) is 9.84 Å². The second-order valence-electron chi connectivity index (χ2n) is 8.70. The zero-order chi connectivity index (χ0) is 23.2. The van der Waals surface area contributed by atoms with E-state index in [1.165, 1.54) is 0 Å². The standard InChI is InChI=1S/C26H34N2O3S/c1-4-6-15-26(5-2)19-32(29,30)24-17-21(14-10-11-16-27)23(31-3)18-22(24)25(28-26)20-12-8-7-9-13-20/h7-9,12-13,17-18,25,28H,4-6,10-11,14-15,19H2,1-3H3. The molecule has 0 saturated carbocycles. The minimum Gasteiger partial charge on any atom is -0.496 e. The van der Waals surface area contributed by atoms with Crippen LogP contribution < -0.4 is 10.1 Å². The number of fused-ring (bicyclic) bond motifs is 1. The van der Waals surface area contributed by atoms with Crippen LogP contribution in [-0.4, -0.2) is 26.8 Å². The van der Waals surface area contributed by atoms with E-state index in [-0.39, 0.29) is 11.8 Å². The maximum atomic E-state index is 13.8. The van der Waals surface area contributed by atoms with E-state index < -0.39 is 15.4 Å². The molecule has 5 nitrogen and oxygen atoms in total. The second kappa shape index (κ2) is 10.5. The van der Waals surface area contributed by atoms with Crippen LogP contribution in [-0.2, 0) is 16.3 Å². The summed E-state index contributed by atoms with van der Waals surface area (Å²) in [5.74, 6) is 0.758. The Kier molecular flexibility index (Phi) is 7.97. The Morgan fingerprint density at radius 1 is 1.19 bits per heavy atom. The number of nitrogens with one attached hydrogen (secondary N) is 1. The van der Waals surface area contributed by atoms with E-state index in [2.05, 4.69) is 25.2 Å². The Morgan fingerprint density at radius 3 is 2.56 bits per heavy atom. The fraction of sp³-hybridized carbons (Fsp3) is 0.500. The van der Waals surface area contributed by atoms with Crippen LogP contribution in [0.25, 0.3) is 0 Å². The van der Waals surface area contributed by atoms with E-state index in [4.69, 9.17) is 10.00 Å². The molecule has 0 bridgehead atoms. The van der Waals surface area contributed by atoms with Crippen molar-refractivity contribution in [2.45, 2.75) is 75.3 Å². The largest absolute Gasteiger partial charge is 0.496 e. The van der Waals surface area contributed by atoms with Crippen molar-refractivity contribution in [3.05, 3.63) is 59.2 Å². The molecule has 0 amide bonds. The minimum atomic E-state index is -3.53. The Hall–Kier alpha value is -2.36. The number of benzene rings is 2. The summed E-state index contributed by atoms with van der Waals surface area (Å²) in [5.41, 5.74) is 2.13. The maximum absolute atomic E-state index is 13.8. The molecular weight excluding hydrogens is 420 g/mol. The monoisotopic (exact) mass is 454 g/mol. The smallest absolute Gasteiger partial charge is 0.180 e. The van der Waals surface area contributed by atoms with Gasteiger partial charge < -0.3 is 4.74 Å². The van der Waals surface area contributed by atoms with Crippen molar-refractivity contribution in [2.24, 2.45) is 0 Å². The second-order valence-corrected chi connectivity index (χ2v) is 10.7. The first-order valence-electron chi connectivity index (χ1n) is 11.5. The van der Waals surface area contributed by atoms with Crippen molar-refractivity contribution < 1.29 is 13.2 Å². The summed E-state index contributed by atoms with van der Waals surface area (Å²) in [6.07, 6.45) is 5.23. The van der Waals surface area contributed by atoms with Gasteiger partial charge in [-0.2, -0.15) is 5.26 Å². The van der Waals surface area contributed by atoms with Gasteiger partial charge in [-0.3, -0.25) is 5.32 Å². The number of methoxy groups -OCH3 is 1. The molecule has 3 rings (SSSR count). The summed E-state index contributed by atoms with van der Waals surface area (Å²) in [5, 5.41) is 12.7. The molecule has 1 aliphatic heterocycles. The van der Waals surface area contributed by atoms with Crippen LogP contribution in [0.3, 0.4) is 0 Å². The molecule has 1 aliphatic rings. The topological polar surface area (TPSA) is 79.2 Å². The predicted octanol–water partition coefficient (Wildman–Crippen LogP) is 5.35. The number of hydrogen-bond acceptors (Lipinski definition) is 5. The number of aryl methyl sites for hydroxylation is 1. The fourth-order valence-electron chi connectivity index (χ4n) is 4.67.